The lowest BCUT2D eigenvalue weighted by atomic mass is 9.95. The molecule has 0 spiro atoms. The average molecular weight is 321 g/mol. The Labute approximate surface area is 129 Å². The fourth-order valence-electron chi connectivity index (χ4n) is 2.14. The summed E-state index contributed by atoms with van der Waals surface area (Å²) in [4.78, 5) is 11.9. The lowest BCUT2D eigenvalue weighted by Gasteiger charge is -2.14. The molecule has 2 aromatic heterocycles. The summed E-state index contributed by atoms with van der Waals surface area (Å²) in [6.07, 6.45) is 4.71. The summed E-state index contributed by atoms with van der Waals surface area (Å²) in [5, 5.41) is 0.0434. The summed E-state index contributed by atoms with van der Waals surface area (Å²) in [6.45, 7) is 4.03. The smallest absolute Gasteiger partial charge is 0.221 e. The zero-order valence-electron chi connectivity index (χ0n) is 12.7. The molecule has 7 nitrogen and oxygen atoms in total. The van der Waals surface area contributed by atoms with Gasteiger partial charge in [0, 0.05) is 30.6 Å². The summed E-state index contributed by atoms with van der Waals surface area (Å²) >= 11 is 0. The molecule has 0 saturated carbocycles. The molecule has 0 radical (unpaired) electrons. The predicted molar refractivity (Wildman–Crippen MR) is 85.1 cm³/mol. The molecule has 2 rings (SSSR count). The molecule has 0 bridgehead atoms. The van der Waals surface area contributed by atoms with Crippen molar-refractivity contribution >= 4 is 21.6 Å². The van der Waals surface area contributed by atoms with E-state index in [1.165, 1.54) is 0 Å². The van der Waals surface area contributed by atoms with E-state index >= 15 is 0 Å². The maximum absolute atomic E-state index is 11.7. The molecule has 0 unspecified atom stereocenters. The van der Waals surface area contributed by atoms with E-state index in [9.17, 15) is 8.42 Å². The van der Waals surface area contributed by atoms with Crippen molar-refractivity contribution in [3.8, 4) is 0 Å². The van der Waals surface area contributed by atoms with Gasteiger partial charge in [0.25, 0.3) is 0 Å². The minimum Gasteiger partial charge on any atom is -0.383 e. The Hall–Kier alpha value is -2.22. The first-order chi connectivity index (χ1) is 10.2. The van der Waals surface area contributed by atoms with E-state index in [1.807, 2.05) is 13.8 Å². The molecular formula is C14H19N5O2S. The molecule has 118 valence electrons. The van der Waals surface area contributed by atoms with Gasteiger partial charge in [-0.1, -0.05) is 13.8 Å². The van der Waals surface area contributed by atoms with E-state index in [4.69, 9.17) is 11.5 Å². The van der Waals surface area contributed by atoms with Gasteiger partial charge < -0.3 is 11.5 Å². The summed E-state index contributed by atoms with van der Waals surface area (Å²) in [7, 11) is -3.37. The molecule has 2 aromatic rings. The Bertz CT molecular complexity index is 803. The van der Waals surface area contributed by atoms with Crippen molar-refractivity contribution in [1.82, 2.24) is 15.0 Å². The van der Waals surface area contributed by atoms with E-state index < -0.39 is 9.84 Å². The van der Waals surface area contributed by atoms with Crippen molar-refractivity contribution in [3.63, 3.8) is 0 Å². The Balaban J connectivity index is 2.51. The van der Waals surface area contributed by atoms with Crippen molar-refractivity contribution < 1.29 is 8.42 Å². The van der Waals surface area contributed by atoms with E-state index in [2.05, 4.69) is 15.0 Å². The number of sulfone groups is 1. The molecule has 22 heavy (non-hydrogen) atoms. The van der Waals surface area contributed by atoms with Gasteiger partial charge in [0.1, 0.15) is 5.82 Å². The Morgan fingerprint density at radius 2 is 1.82 bits per heavy atom. The van der Waals surface area contributed by atoms with Crippen molar-refractivity contribution in [2.75, 3.05) is 17.7 Å². The van der Waals surface area contributed by atoms with E-state index in [1.54, 1.807) is 18.5 Å². The third-order valence-corrected chi connectivity index (χ3v) is 4.28. The van der Waals surface area contributed by atoms with E-state index in [0.29, 0.717) is 17.8 Å². The van der Waals surface area contributed by atoms with Gasteiger partial charge in [-0.3, -0.25) is 0 Å². The number of nitrogens with two attached hydrogens (primary N) is 2. The SMILES string of the molecule is CC(C)c1cnc(S(C)(=O)=O)cc1Cc1cnc(N)nc1N. The standard InChI is InChI=1S/C14H19N5O2S/c1-8(2)11-7-17-12(22(3,20)21)5-9(11)4-10-6-18-14(16)19-13(10)15/h5-8H,4H2,1-3H3,(H4,15,16,18,19). The second kappa shape index (κ2) is 5.88. The number of hydrogen-bond acceptors (Lipinski definition) is 7. The second-order valence-electron chi connectivity index (χ2n) is 5.46. The number of hydrogen-bond donors (Lipinski definition) is 2. The van der Waals surface area contributed by atoms with Gasteiger partial charge in [-0.2, -0.15) is 4.98 Å². The number of rotatable bonds is 4. The van der Waals surface area contributed by atoms with Gasteiger partial charge in [0.15, 0.2) is 14.9 Å². The molecule has 8 heteroatoms. The monoisotopic (exact) mass is 321 g/mol. The number of nitrogens with zero attached hydrogens (tertiary/aromatic N) is 3. The van der Waals surface area contributed by atoms with Crippen molar-refractivity contribution in [2.24, 2.45) is 0 Å². The largest absolute Gasteiger partial charge is 0.383 e. The van der Waals surface area contributed by atoms with Gasteiger partial charge in [-0.25, -0.2) is 18.4 Å². The highest BCUT2D eigenvalue weighted by Gasteiger charge is 2.16. The predicted octanol–water partition coefficient (Wildman–Crippen LogP) is 1.15. The zero-order valence-corrected chi connectivity index (χ0v) is 13.6. The minimum absolute atomic E-state index is 0.0434. The van der Waals surface area contributed by atoms with Crippen LogP contribution in [0, 0.1) is 0 Å². The third kappa shape index (κ3) is 3.51. The fraction of sp³-hybridized carbons (Fsp3) is 0.357. The van der Waals surface area contributed by atoms with Crippen LogP contribution in [0.4, 0.5) is 11.8 Å². The van der Waals surface area contributed by atoms with E-state index in [0.717, 1.165) is 17.4 Å². The first-order valence-electron chi connectivity index (χ1n) is 6.74. The van der Waals surface area contributed by atoms with Gasteiger partial charge >= 0.3 is 0 Å². The molecule has 2 heterocycles. The lowest BCUT2D eigenvalue weighted by Crippen LogP contribution is -2.08. The van der Waals surface area contributed by atoms with Crippen LogP contribution < -0.4 is 11.5 Å². The number of anilines is 2. The van der Waals surface area contributed by atoms with Crippen LogP contribution in [-0.2, 0) is 16.3 Å². The first kappa shape index (κ1) is 16.2. The highest BCUT2D eigenvalue weighted by molar-refractivity contribution is 7.90. The van der Waals surface area contributed by atoms with Crippen LogP contribution in [-0.4, -0.2) is 29.6 Å². The normalized spacial score (nSPS) is 11.8. The number of pyridine rings is 1. The average Bonchev–Trinajstić information content (AvgIpc) is 2.40. The molecule has 0 aliphatic carbocycles. The Morgan fingerprint density at radius 1 is 1.14 bits per heavy atom. The van der Waals surface area contributed by atoms with Crippen LogP contribution in [0.5, 0.6) is 0 Å². The van der Waals surface area contributed by atoms with Crippen molar-refractivity contribution in [1.29, 1.82) is 0 Å². The maximum atomic E-state index is 11.7. The quantitative estimate of drug-likeness (QED) is 0.865. The second-order valence-corrected chi connectivity index (χ2v) is 7.43. The number of aromatic nitrogens is 3. The fourth-order valence-corrected chi connectivity index (χ4v) is 2.74. The Kier molecular flexibility index (Phi) is 4.32. The molecule has 0 aliphatic rings. The minimum atomic E-state index is -3.37. The maximum Gasteiger partial charge on any atom is 0.221 e. The number of nitrogen functional groups attached to an aromatic ring is 2. The van der Waals surface area contributed by atoms with Crippen LogP contribution in [0.3, 0.4) is 0 Å². The lowest BCUT2D eigenvalue weighted by molar-refractivity contribution is 0.597. The van der Waals surface area contributed by atoms with Crippen LogP contribution in [0.25, 0.3) is 0 Å². The van der Waals surface area contributed by atoms with Crippen molar-refractivity contribution in [3.05, 3.63) is 35.2 Å². The van der Waals surface area contributed by atoms with Crippen LogP contribution in [0.15, 0.2) is 23.5 Å². The molecular weight excluding hydrogens is 302 g/mol. The highest BCUT2D eigenvalue weighted by Crippen LogP contribution is 2.25. The topological polar surface area (TPSA) is 125 Å². The molecule has 0 amide bonds. The summed E-state index contributed by atoms with van der Waals surface area (Å²) < 4.78 is 23.4. The van der Waals surface area contributed by atoms with Crippen LogP contribution in [0.1, 0.15) is 36.5 Å². The zero-order chi connectivity index (χ0) is 16.5. The third-order valence-electron chi connectivity index (χ3n) is 3.30. The first-order valence-corrected chi connectivity index (χ1v) is 8.63. The van der Waals surface area contributed by atoms with Gasteiger partial charge in [-0.05, 0) is 23.1 Å². The molecule has 0 atom stereocenters. The highest BCUT2D eigenvalue weighted by atomic mass is 32.2. The van der Waals surface area contributed by atoms with E-state index in [-0.39, 0.29) is 16.9 Å². The summed E-state index contributed by atoms with van der Waals surface area (Å²) in [5.74, 6) is 0.601. The Morgan fingerprint density at radius 3 is 2.36 bits per heavy atom. The van der Waals surface area contributed by atoms with Crippen LogP contribution in [0.2, 0.25) is 0 Å². The molecule has 4 N–H and O–H groups in total. The summed E-state index contributed by atoms with van der Waals surface area (Å²) in [6, 6.07) is 1.58. The van der Waals surface area contributed by atoms with Gasteiger partial charge in [0.2, 0.25) is 5.95 Å². The van der Waals surface area contributed by atoms with Crippen molar-refractivity contribution in [2.45, 2.75) is 31.2 Å². The molecule has 0 fully saturated rings. The molecule has 0 aromatic carbocycles. The molecule has 0 saturated heterocycles. The molecule has 0 aliphatic heterocycles. The van der Waals surface area contributed by atoms with Gasteiger partial charge in [-0.15, -0.1) is 0 Å². The van der Waals surface area contributed by atoms with Gasteiger partial charge in [0.05, 0.1) is 0 Å². The van der Waals surface area contributed by atoms with Crippen LogP contribution >= 0.6 is 0 Å². The summed E-state index contributed by atoms with van der Waals surface area (Å²) in [5.41, 5.74) is 13.8.